The first kappa shape index (κ1) is 19.7. The molecule has 1 aromatic carbocycles. The molecule has 0 saturated carbocycles. The van der Waals surface area contributed by atoms with Crippen LogP contribution in [0.25, 0.3) is 0 Å². The lowest BCUT2D eigenvalue weighted by Crippen LogP contribution is -2.43. The van der Waals surface area contributed by atoms with E-state index in [1.807, 2.05) is 36.9 Å². The number of nitrogens with two attached hydrogens (primary N) is 1. The Bertz CT molecular complexity index is 1010. The number of nitrogen functional groups attached to an aromatic ring is 1. The van der Waals surface area contributed by atoms with Crippen molar-refractivity contribution >= 4 is 17.3 Å². The fourth-order valence-corrected chi connectivity index (χ4v) is 3.30. The fraction of sp³-hybridized carbons (Fsp3) is 0.421. The summed E-state index contributed by atoms with van der Waals surface area (Å²) in [4.78, 5) is 41.2. The van der Waals surface area contributed by atoms with Gasteiger partial charge in [0.1, 0.15) is 23.2 Å². The maximum Gasteiger partial charge on any atom is 0.330 e. The fourth-order valence-electron chi connectivity index (χ4n) is 3.30. The molecule has 0 saturated heterocycles. The minimum absolute atomic E-state index is 0.0560. The number of hydrogen-bond acceptors (Lipinski definition) is 7. The summed E-state index contributed by atoms with van der Waals surface area (Å²) < 4.78 is 11.9. The Morgan fingerprint density at radius 3 is 2.86 bits per heavy atom. The van der Waals surface area contributed by atoms with Gasteiger partial charge in [-0.1, -0.05) is 6.07 Å². The first-order valence-corrected chi connectivity index (χ1v) is 8.98. The van der Waals surface area contributed by atoms with E-state index in [2.05, 4.69) is 4.98 Å². The van der Waals surface area contributed by atoms with Gasteiger partial charge in [0.15, 0.2) is 5.78 Å². The van der Waals surface area contributed by atoms with Crippen molar-refractivity contribution in [2.75, 3.05) is 37.4 Å². The lowest BCUT2D eigenvalue weighted by atomic mass is 10.1. The minimum Gasteiger partial charge on any atom is -0.487 e. The maximum absolute atomic E-state index is 12.9. The van der Waals surface area contributed by atoms with Gasteiger partial charge in [0.2, 0.25) is 0 Å². The van der Waals surface area contributed by atoms with Gasteiger partial charge < -0.3 is 20.1 Å². The largest absolute Gasteiger partial charge is 0.487 e. The van der Waals surface area contributed by atoms with Gasteiger partial charge in [0.25, 0.3) is 5.56 Å². The van der Waals surface area contributed by atoms with E-state index in [9.17, 15) is 14.4 Å². The molecule has 2 aromatic rings. The molecule has 0 aliphatic carbocycles. The highest BCUT2D eigenvalue weighted by molar-refractivity contribution is 6.02. The highest BCUT2D eigenvalue weighted by atomic mass is 16.5. The standard InChI is InChI=1S/C19H24N4O5/c1-11-4-5-13-15(8-11)28-12(2)9-22(13)10-14(24)16-17(20)23(6-7-27-3)19(26)21-18(16)25/h4-5,8,12H,6-7,9-10,20H2,1-3H3,(H,21,25,26)/t12-/m1/s1. The molecule has 9 heteroatoms. The Morgan fingerprint density at radius 1 is 1.39 bits per heavy atom. The van der Waals surface area contributed by atoms with E-state index in [0.717, 1.165) is 15.8 Å². The predicted octanol–water partition coefficient (Wildman–Crippen LogP) is 0.544. The lowest BCUT2D eigenvalue weighted by Gasteiger charge is -2.34. The van der Waals surface area contributed by atoms with Crippen LogP contribution in [-0.2, 0) is 11.3 Å². The van der Waals surface area contributed by atoms with Crippen molar-refractivity contribution in [1.29, 1.82) is 0 Å². The van der Waals surface area contributed by atoms with E-state index in [1.54, 1.807) is 0 Å². The number of nitrogens with one attached hydrogen (secondary N) is 1. The van der Waals surface area contributed by atoms with E-state index in [0.29, 0.717) is 12.3 Å². The zero-order valence-electron chi connectivity index (χ0n) is 16.2. The van der Waals surface area contributed by atoms with Gasteiger partial charge in [0, 0.05) is 7.11 Å². The smallest absolute Gasteiger partial charge is 0.330 e. The quantitative estimate of drug-likeness (QED) is 0.693. The molecule has 1 aromatic heterocycles. The predicted molar refractivity (Wildman–Crippen MR) is 105 cm³/mol. The topological polar surface area (TPSA) is 120 Å². The molecule has 0 amide bonds. The van der Waals surface area contributed by atoms with Crippen LogP contribution >= 0.6 is 0 Å². The molecule has 0 unspecified atom stereocenters. The number of hydrogen-bond donors (Lipinski definition) is 2. The first-order valence-electron chi connectivity index (χ1n) is 8.98. The Balaban J connectivity index is 1.94. The monoisotopic (exact) mass is 388 g/mol. The molecule has 3 N–H and O–H groups in total. The highest BCUT2D eigenvalue weighted by Crippen LogP contribution is 2.34. The van der Waals surface area contributed by atoms with Crippen LogP contribution in [0.3, 0.4) is 0 Å². The van der Waals surface area contributed by atoms with Crippen LogP contribution in [-0.4, -0.2) is 48.2 Å². The summed E-state index contributed by atoms with van der Waals surface area (Å²) in [5.74, 6) is 0.0743. The molecular weight excluding hydrogens is 364 g/mol. The van der Waals surface area contributed by atoms with Crippen molar-refractivity contribution in [3.8, 4) is 5.75 Å². The molecule has 28 heavy (non-hydrogen) atoms. The molecule has 0 spiro atoms. The van der Waals surface area contributed by atoms with E-state index in [-0.39, 0.29) is 37.2 Å². The number of rotatable bonds is 6. The summed E-state index contributed by atoms with van der Waals surface area (Å²) in [5.41, 5.74) is 6.15. The summed E-state index contributed by atoms with van der Waals surface area (Å²) in [7, 11) is 1.48. The van der Waals surface area contributed by atoms with Crippen LogP contribution in [0.5, 0.6) is 5.75 Å². The van der Waals surface area contributed by atoms with Crippen molar-refractivity contribution in [3.05, 3.63) is 50.2 Å². The Labute approximate surface area is 161 Å². The molecule has 9 nitrogen and oxygen atoms in total. The summed E-state index contributed by atoms with van der Waals surface area (Å²) in [5, 5.41) is 0. The molecule has 0 fully saturated rings. The van der Waals surface area contributed by atoms with Crippen LogP contribution in [0.15, 0.2) is 27.8 Å². The molecule has 1 aliphatic heterocycles. The number of Topliss-reactive ketones (excluding diaryl/α,β-unsaturated/α-hetero) is 1. The summed E-state index contributed by atoms with van der Waals surface area (Å²) in [6, 6.07) is 5.73. The van der Waals surface area contributed by atoms with Crippen molar-refractivity contribution in [2.24, 2.45) is 0 Å². The number of carbonyl (C=O) groups is 1. The second-order valence-electron chi connectivity index (χ2n) is 6.87. The second-order valence-corrected chi connectivity index (χ2v) is 6.87. The number of nitrogens with zero attached hydrogens (tertiary/aromatic N) is 2. The Morgan fingerprint density at radius 2 is 2.14 bits per heavy atom. The average Bonchev–Trinajstić information content (AvgIpc) is 2.60. The van der Waals surface area contributed by atoms with Crippen LogP contribution in [0.4, 0.5) is 11.5 Å². The number of H-pyrrole nitrogens is 1. The average molecular weight is 388 g/mol. The molecule has 0 radical (unpaired) electrons. The number of methoxy groups -OCH3 is 1. The van der Waals surface area contributed by atoms with E-state index in [1.165, 1.54) is 7.11 Å². The third kappa shape index (κ3) is 3.79. The number of ketones is 1. The number of aromatic amines is 1. The zero-order valence-corrected chi connectivity index (χ0v) is 16.2. The van der Waals surface area contributed by atoms with Crippen molar-refractivity contribution in [3.63, 3.8) is 0 Å². The molecule has 2 heterocycles. The maximum atomic E-state index is 12.9. The normalized spacial score (nSPS) is 15.8. The van der Waals surface area contributed by atoms with Crippen molar-refractivity contribution in [2.45, 2.75) is 26.5 Å². The van der Waals surface area contributed by atoms with Crippen LogP contribution < -0.4 is 26.6 Å². The van der Waals surface area contributed by atoms with Gasteiger partial charge in [-0.25, -0.2) is 4.79 Å². The van der Waals surface area contributed by atoms with E-state index in [4.69, 9.17) is 15.2 Å². The number of aryl methyl sites for hydroxylation is 1. The lowest BCUT2D eigenvalue weighted by molar-refractivity contribution is 0.0992. The number of benzene rings is 1. The third-order valence-corrected chi connectivity index (χ3v) is 4.63. The van der Waals surface area contributed by atoms with Gasteiger partial charge in [-0.15, -0.1) is 0 Å². The van der Waals surface area contributed by atoms with Crippen molar-refractivity contribution < 1.29 is 14.3 Å². The highest BCUT2D eigenvalue weighted by Gasteiger charge is 2.27. The van der Waals surface area contributed by atoms with Gasteiger partial charge >= 0.3 is 5.69 Å². The number of ether oxygens (including phenoxy) is 2. The summed E-state index contributed by atoms with van der Waals surface area (Å²) >= 11 is 0. The zero-order chi connectivity index (χ0) is 20.4. The SMILES string of the molecule is COCCn1c(N)c(C(=O)CN2C[C@@H](C)Oc3cc(C)ccc32)c(=O)[nH]c1=O. The Hall–Kier alpha value is -3.07. The molecule has 1 aliphatic rings. The number of fused-ring (bicyclic) bond motifs is 1. The Kier molecular flexibility index (Phi) is 5.55. The molecule has 3 rings (SSSR count). The summed E-state index contributed by atoms with van der Waals surface area (Å²) in [6.07, 6.45) is -0.117. The van der Waals surface area contributed by atoms with Gasteiger partial charge in [0.05, 0.1) is 31.9 Å². The number of anilines is 2. The van der Waals surface area contributed by atoms with Crippen LogP contribution in [0, 0.1) is 6.92 Å². The number of aromatic nitrogens is 2. The van der Waals surface area contributed by atoms with Crippen LogP contribution in [0.2, 0.25) is 0 Å². The molecule has 150 valence electrons. The van der Waals surface area contributed by atoms with Gasteiger partial charge in [-0.3, -0.25) is 19.1 Å². The van der Waals surface area contributed by atoms with Crippen LogP contribution in [0.1, 0.15) is 22.8 Å². The van der Waals surface area contributed by atoms with E-state index >= 15 is 0 Å². The molecule has 0 bridgehead atoms. The van der Waals surface area contributed by atoms with Crippen molar-refractivity contribution in [1.82, 2.24) is 9.55 Å². The molecule has 1 atom stereocenters. The minimum atomic E-state index is -0.786. The first-order chi connectivity index (χ1) is 13.3. The second kappa shape index (κ2) is 7.89. The molecular formula is C19H24N4O5. The summed E-state index contributed by atoms with van der Waals surface area (Å²) in [6.45, 7) is 4.66. The van der Waals surface area contributed by atoms with Gasteiger partial charge in [-0.05, 0) is 31.5 Å². The number of carbonyl (C=O) groups excluding carboxylic acids is 1. The third-order valence-electron chi connectivity index (χ3n) is 4.63. The van der Waals surface area contributed by atoms with Gasteiger partial charge in [-0.2, -0.15) is 0 Å². The van der Waals surface area contributed by atoms with E-state index < -0.39 is 17.0 Å².